The molecule has 0 saturated heterocycles. The fraction of sp³-hybridized carbons (Fsp3) is 0.241. The summed E-state index contributed by atoms with van der Waals surface area (Å²) in [6.45, 7) is 7.89. The van der Waals surface area contributed by atoms with Gasteiger partial charge in [0.05, 0.1) is 16.1 Å². The van der Waals surface area contributed by atoms with Gasteiger partial charge in [-0.25, -0.2) is 4.98 Å². The van der Waals surface area contributed by atoms with Gasteiger partial charge in [0.2, 0.25) is 11.5 Å². The number of hydrogen-bond donors (Lipinski definition) is 1. The van der Waals surface area contributed by atoms with Gasteiger partial charge in [0.1, 0.15) is 5.69 Å². The minimum atomic E-state index is -1.10. The SMILES string of the molecule is CC(=O)O[C@@H](C)C(=O)Nc1c(C(=O)C(C)(C)C)oc2nc(-c3ccc(Br)cc3Cl)c(-c3ccc(Cl)cc3)cc12. The average molecular weight is 632 g/mol. The lowest BCUT2D eigenvalue weighted by Gasteiger charge is -2.17. The summed E-state index contributed by atoms with van der Waals surface area (Å²) in [5, 5.41) is 4.14. The highest BCUT2D eigenvalue weighted by Gasteiger charge is 2.33. The highest BCUT2D eigenvalue weighted by molar-refractivity contribution is 9.10. The van der Waals surface area contributed by atoms with Gasteiger partial charge in [0.25, 0.3) is 5.91 Å². The van der Waals surface area contributed by atoms with E-state index in [2.05, 4.69) is 21.2 Å². The maximum atomic E-state index is 13.4. The molecule has 1 N–H and O–H groups in total. The molecule has 1 atom stereocenters. The number of Topliss-reactive ketones (excluding diaryl/α,β-unsaturated/α-hetero) is 1. The van der Waals surface area contributed by atoms with E-state index < -0.39 is 23.4 Å². The van der Waals surface area contributed by atoms with E-state index in [0.29, 0.717) is 32.3 Å². The van der Waals surface area contributed by atoms with Gasteiger partial charge in [0.15, 0.2) is 11.9 Å². The van der Waals surface area contributed by atoms with Crippen molar-refractivity contribution in [2.24, 2.45) is 5.41 Å². The zero-order valence-corrected chi connectivity index (χ0v) is 24.9. The van der Waals surface area contributed by atoms with Crippen LogP contribution in [0.15, 0.2) is 57.4 Å². The molecule has 0 radical (unpaired) electrons. The maximum Gasteiger partial charge on any atom is 0.303 e. The molecule has 2 aromatic heterocycles. The summed E-state index contributed by atoms with van der Waals surface area (Å²) in [7, 11) is 0. The van der Waals surface area contributed by atoms with Gasteiger partial charge < -0.3 is 14.5 Å². The number of carbonyl (C=O) groups excluding carboxylic acids is 3. The lowest BCUT2D eigenvalue weighted by Crippen LogP contribution is -2.30. The molecule has 4 rings (SSSR count). The molecule has 2 heterocycles. The van der Waals surface area contributed by atoms with Gasteiger partial charge in [-0.2, -0.15) is 0 Å². The van der Waals surface area contributed by atoms with Gasteiger partial charge in [-0.1, -0.05) is 78.1 Å². The Labute approximate surface area is 244 Å². The number of fused-ring (bicyclic) bond motifs is 1. The minimum absolute atomic E-state index is 0.0607. The van der Waals surface area contributed by atoms with Gasteiger partial charge in [-0.3, -0.25) is 14.4 Å². The van der Waals surface area contributed by atoms with Crippen molar-refractivity contribution < 1.29 is 23.5 Å². The summed E-state index contributed by atoms with van der Waals surface area (Å²) < 4.78 is 11.9. The van der Waals surface area contributed by atoms with E-state index in [1.165, 1.54) is 13.8 Å². The monoisotopic (exact) mass is 630 g/mol. The van der Waals surface area contributed by atoms with Crippen molar-refractivity contribution in [1.29, 1.82) is 0 Å². The highest BCUT2D eigenvalue weighted by Crippen LogP contribution is 2.42. The summed E-state index contributed by atoms with van der Waals surface area (Å²) in [4.78, 5) is 42.6. The zero-order valence-electron chi connectivity index (χ0n) is 21.8. The van der Waals surface area contributed by atoms with Crippen molar-refractivity contribution in [3.8, 4) is 22.4 Å². The summed E-state index contributed by atoms with van der Waals surface area (Å²) in [5.41, 5.74) is 2.04. The van der Waals surface area contributed by atoms with Crippen molar-refractivity contribution in [3.63, 3.8) is 0 Å². The fourth-order valence-electron chi connectivity index (χ4n) is 3.91. The summed E-state index contributed by atoms with van der Waals surface area (Å²) >= 11 is 16.2. The second kappa shape index (κ2) is 11.1. The Morgan fingerprint density at radius 2 is 1.69 bits per heavy atom. The fourth-order valence-corrected chi connectivity index (χ4v) is 4.80. The normalized spacial score (nSPS) is 12.3. The molecule has 0 aliphatic heterocycles. The standard InChI is InChI=1S/C29H25BrCl2N2O5/c1-14(38-15(2)35)27(37)33-24-21-13-20(16-6-9-18(31)10-7-16)23(19-11-8-17(30)12-22(19)32)34-28(21)39-25(24)26(36)29(3,4)5/h6-14H,1-5H3,(H,33,37)/t14-/m0/s1. The number of anilines is 1. The molecule has 202 valence electrons. The molecule has 0 unspecified atom stereocenters. The third-order valence-corrected chi connectivity index (χ3v) is 6.93. The van der Waals surface area contributed by atoms with E-state index in [0.717, 1.165) is 10.0 Å². The number of benzene rings is 2. The number of halogens is 3. The van der Waals surface area contributed by atoms with Gasteiger partial charge in [0, 0.05) is 33.0 Å². The molecular weight excluding hydrogens is 607 g/mol. The molecule has 0 saturated carbocycles. The number of hydrogen-bond acceptors (Lipinski definition) is 6. The Morgan fingerprint density at radius 3 is 2.28 bits per heavy atom. The quantitative estimate of drug-likeness (QED) is 0.170. The van der Waals surface area contributed by atoms with E-state index in [4.69, 9.17) is 37.3 Å². The van der Waals surface area contributed by atoms with Gasteiger partial charge in [-0.15, -0.1) is 0 Å². The van der Waals surface area contributed by atoms with E-state index in [9.17, 15) is 14.4 Å². The van der Waals surface area contributed by atoms with E-state index in [1.807, 2.05) is 24.3 Å². The zero-order chi connectivity index (χ0) is 28.6. The first-order chi connectivity index (χ1) is 18.3. The smallest absolute Gasteiger partial charge is 0.303 e. The third kappa shape index (κ3) is 6.19. The number of carbonyl (C=O) groups is 3. The van der Waals surface area contributed by atoms with E-state index >= 15 is 0 Å². The Hall–Kier alpha value is -3.20. The first kappa shape index (κ1) is 28.8. The number of esters is 1. The van der Waals surface area contributed by atoms with E-state index in [-0.39, 0.29) is 22.9 Å². The molecule has 0 bridgehead atoms. The summed E-state index contributed by atoms with van der Waals surface area (Å²) in [6, 6.07) is 14.4. The van der Waals surface area contributed by atoms with Crippen LogP contribution in [0.25, 0.3) is 33.5 Å². The second-order valence-electron chi connectivity index (χ2n) is 9.99. The highest BCUT2D eigenvalue weighted by atomic mass is 79.9. The number of amides is 1. The molecule has 1 amide bonds. The maximum absolute atomic E-state index is 13.4. The van der Waals surface area contributed by atoms with Crippen molar-refractivity contribution in [2.75, 3.05) is 5.32 Å². The average Bonchev–Trinajstić information content (AvgIpc) is 3.19. The predicted octanol–water partition coefficient (Wildman–Crippen LogP) is 8.35. The van der Waals surface area contributed by atoms with Gasteiger partial charge in [-0.05, 0) is 42.8 Å². The molecule has 7 nitrogen and oxygen atoms in total. The molecule has 0 spiro atoms. The molecular formula is C29H25BrCl2N2O5. The van der Waals surface area contributed by atoms with Crippen LogP contribution in [0.4, 0.5) is 5.69 Å². The van der Waals surface area contributed by atoms with Crippen LogP contribution in [0.2, 0.25) is 10.0 Å². The molecule has 0 aliphatic rings. The van der Waals surface area contributed by atoms with Crippen LogP contribution in [0, 0.1) is 5.41 Å². The Morgan fingerprint density at radius 1 is 1.03 bits per heavy atom. The molecule has 4 aromatic rings. The number of pyridine rings is 1. The van der Waals surface area contributed by atoms with Crippen LogP contribution in [0.5, 0.6) is 0 Å². The topological polar surface area (TPSA) is 98.5 Å². The number of ether oxygens (including phenoxy) is 1. The van der Waals surface area contributed by atoms with Crippen molar-refractivity contribution in [1.82, 2.24) is 4.98 Å². The van der Waals surface area contributed by atoms with Crippen LogP contribution >= 0.6 is 39.1 Å². The number of nitrogens with one attached hydrogen (secondary N) is 1. The Kier molecular flexibility index (Phi) is 8.21. The van der Waals surface area contributed by atoms with Crippen molar-refractivity contribution >= 4 is 73.6 Å². The summed E-state index contributed by atoms with van der Waals surface area (Å²) in [5.74, 6) is -1.63. The number of aromatic nitrogens is 1. The number of furan rings is 1. The van der Waals surface area contributed by atoms with Crippen LogP contribution < -0.4 is 5.32 Å². The first-order valence-electron chi connectivity index (χ1n) is 12.0. The summed E-state index contributed by atoms with van der Waals surface area (Å²) in [6.07, 6.45) is -1.10. The van der Waals surface area contributed by atoms with Crippen LogP contribution in [0.1, 0.15) is 45.2 Å². The van der Waals surface area contributed by atoms with Crippen LogP contribution in [-0.2, 0) is 14.3 Å². The largest absolute Gasteiger partial charge is 0.453 e. The van der Waals surface area contributed by atoms with Gasteiger partial charge >= 0.3 is 5.97 Å². The van der Waals surface area contributed by atoms with Crippen LogP contribution in [0.3, 0.4) is 0 Å². The minimum Gasteiger partial charge on any atom is -0.453 e. The molecule has 39 heavy (non-hydrogen) atoms. The van der Waals surface area contributed by atoms with E-state index in [1.54, 1.807) is 45.0 Å². The van der Waals surface area contributed by atoms with Crippen LogP contribution in [-0.4, -0.2) is 28.7 Å². The molecule has 0 aliphatic carbocycles. The number of rotatable bonds is 6. The van der Waals surface area contributed by atoms with Crippen molar-refractivity contribution in [2.45, 2.75) is 40.7 Å². The molecule has 10 heteroatoms. The third-order valence-electron chi connectivity index (χ3n) is 5.87. The Balaban J connectivity index is 2.01. The lowest BCUT2D eigenvalue weighted by molar-refractivity contribution is -0.150. The lowest BCUT2D eigenvalue weighted by atomic mass is 9.88. The molecule has 0 fully saturated rings. The Bertz CT molecular complexity index is 1610. The number of nitrogens with zero attached hydrogens (tertiary/aromatic N) is 1. The second-order valence-corrected chi connectivity index (χ2v) is 11.8. The molecule has 2 aromatic carbocycles. The number of ketones is 1. The first-order valence-corrected chi connectivity index (χ1v) is 13.5. The predicted molar refractivity (Wildman–Crippen MR) is 156 cm³/mol. The van der Waals surface area contributed by atoms with Crippen molar-refractivity contribution in [3.05, 3.63) is 68.8 Å².